The van der Waals surface area contributed by atoms with Gasteiger partial charge < -0.3 is 88.2 Å². The minimum atomic E-state index is -1.97. The molecule has 1 saturated carbocycles. The lowest BCUT2D eigenvalue weighted by Crippen LogP contribution is -2.62. The minimum Gasteiger partial charge on any atom is -0.471 e. The molecule has 4 heterocycles. The summed E-state index contributed by atoms with van der Waals surface area (Å²) in [5, 5.41) is 83.7. The Bertz CT molecular complexity index is 1380. The molecule has 3 fully saturated rings. The molecule has 1 unspecified atom stereocenters. The molecule has 0 radical (unpaired) electrons. The molecule has 0 aromatic carbocycles. The summed E-state index contributed by atoms with van der Waals surface area (Å²) in [6.07, 6.45) is -19.3. The summed E-state index contributed by atoms with van der Waals surface area (Å²) in [6.45, 7) is 4.15. The molecular weight excluding hydrogens is 740 g/mol. The first kappa shape index (κ1) is 43.3. The SMILES string of the molecule is C=CC1[C@@H]2C[C@H](OC(=O)C3=CO[C@@H](O[C@@H]4O[C@H](CO)[C@@H](O)[C@H](O)[C@H]4O)[C@H]([C@@H](O[C@@H]4O[C@H](CO)[C@@H](O)[C@H](O)[C@H]4O)O/C=C\2C(=O)OC)[C@@H]3CC(OC)OC)[C@H]1C. The van der Waals surface area contributed by atoms with Crippen molar-refractivity contribution in [3.63, 3.8) is 0 Å². The molecule has 0 aromatic rings. The van der Waals surface area contributed by atoms with E-state index in [-0.39, 0.29) is 29.9 Å². The summed E-state index contributed by atoms with van der Waals surface area (Å²) in [4.78, 5) is 27.6. The Hall–Kier alpha value is -2.80. The Morgan fingerprint density at radius 2 is 1.36 bits per heavy atom. The molecule has 4 bridgehead atoms. The molecule has 0 amide bonds. The van der Waals surface area contributed by atoms with Gasteiger partial charge in [-0.05, 0) is 12.3 Å². The van der Waals surface area contributed by atoms with Gasteiger partial charge in [-0.25, -0.2) is 9.59 Å². The molecule has 20 heteroatoms. The van der Waals surface area contributed by atoms with Crippen LogP contribution in [0.3, 0.4) is 0 Å². The molecule has 4 aliphatic heterocycles. The number of methoxy groups -OCH3 is 3. The first-order valence-corrected chi connectivity index (χ1v) is 17.8. The van der Waals surface area contributed by atoms with Gasteiger partial charge in [0.25, 0.3) is 0 Å². The normalized spacial score (nSPS) is 44.4. The standard InChI is InChI=1S/C35H52O20/c1-6-14-13(2)19-7-15(14)17(30(44)48-5)11-49-32(54-34-28(42)26(40)24(38)20(9-36)52-34)23-16(8-22(46-3)47-4)18(31(45)51-19)12-50-33(23)55-35-29(43)27(41)25(39)21(10-37)53-35/h6,11-16,19-29,32-43H,1,7-10H2,2-5H3/b17-11+/t13-,14?,15-,16+,19-,20+,21+,23-,24+,25+,26-,27-,28+,29+,32+,33-,34-,35-/m0/s1. The quantitative estimate of drug-likeness (QED) is 0.0551. The number of aliphatic hydroxyl groups is 8. The molecule has 2 saturated heterocycles. The summed E-state index contributed by atoms with van der Waals surface area (Å²) in [5.74, 6) is -5.75. The predicted octanol–water partition coefficient (Wildman–Crippen LogP) is -3.12. The number of allylic oxidation sites excluding steroid dienone is 1. The van der Waals surface area contributed by atoms with Crippen molar-refractivity contribution in [1.82, 2.24) is 0 Å². The number of ether oxygens (including phenoxy) is 10. The Kier molecular flexibility index (Phi) is 14.7. The zero-order chi connectivity index (χ0) is 40.3. The molecule has 55 heavy (non-hydrogen) atoms. The number of rotatable bonds is 12. The maximum Gasteiger partial charge on any atom is 0.337 e. The van der Waals surface area contributed by atoms with E-state index in [2.05, 4.69) is 6.58 Å². The maximum absolute atomic E-state index is 14.2. The molecule has 0 spiro atoms. The lowest BCUT2D eigenvalue weighted by Gasteiger charge is -2.46. The van der Waals surface area contributed by atoms with Crippen molar-refractivity contribution < 1.29 is 97.8 Å². The Morgan fingerprint density at radius 3 is 1.84 bits per heavy atom. The van der Waals surface area contributed by atoms with Crippen molar-refractivity contribution in [2.24, 2.45) is 29.6 Å². The van der Waals surface area contributed by atoms with E-state index in [0.717, 1.165) is 19.6 Å². The van der Waals surface area contributed by atoms with Crippen LogP contribution in [0.25, 0.3) is 0 Å². The Morgan fingerprint density at radius 1 is 0.836 bits per heavy atom. The third kappa shape index (κ3) is 8.72. The molecular formula is C35H52O20. The van der Waals surface area contributed by atoms with Crippen LogP contribution in [-0.2, 0) is 57.0 Å². The number of fused-ring (bicyclic) bond motifs is 4. The summed E-state index contributed by atoms with van der Waals surface area (Å²) in [7, 11) is 3.83. The highest BCUT2D eigenvalue weighted by Gasteiger charge is 2.55. The van der Waals surface area contributed by atoms with Gasteiger partial charge in [0.05, 0.1) is 49.9 Å². The third-order valence-corrected chi connectivity index (χ3v) is 11.1. The van der Waals surface area contributed by atoms with Gasteiger partial charge in [-0.1, -0.05) is 13.0 Å². The second kappa shape index (κ2) is 18.6. The van der Waals surface area contributed by atoms with Gasteiger partial charge in [0.2, 0.25) is 12.6 Å². The summed E-state index contributed by atoms with van der Waals surface area (Å²) in [6, 6.07) is 0. The highest BCUT2D eigenvalue weighted by molar-refractivity contribution is 5.90. The first-order valence-electron chi connectivity index (χ1n) is 17.8. The van der Waals surface area contributed by atoms with Crippen LogP contribution in [0.4, 0.5) is 0 Å². The van der Waals surface area contributed by atoms with E-state index in [9.17, 15) is 50.4 Å². The van der Waals surface area contributed by atoms with E-state index >= 15 is 0 Å². The number of aliphatic hydroxyl groups excluding tert-OH is 8. The highest BCUT2D eigenvalue weighted by Crippen LogP contribution is 2.47. The molecule has 312 valence electrons. The lowest BCUT2D eigenvalue weighted by molar-refractivity contribution is -0.373. The molecule has 5 aliphatic rings. The van der Waals surface area contributed by atoms with Gasteiger partial charge in [-0.3, -0.25) is 0 Å². The van der Waals surface area contributed by atoms with Gasteiger partial charge in [0, 0.05) is 38.4 Å². The predicted molar refractivity (Wildman–Crippen MR) is 178 cm³/mol. The number of hydrogen-bond acceptors (Lipinski definition) is 20. The molecule has 8 N–H and O–H groups in total. The van der Waals surface area contributed by atoms with E-state index < -0.39 is 135 Å². The zero-order valence-corrected chi connectivity index (χ0v) is 30.7. The van der Waals surface area contributed by atoms with Crippen molar-refractivity contribution in [2.75, 3.05) is 34.5 Å². The summed E-state index contributed by atoms with van der Waals surface area (Å²) < 4.78 is 57.9. The summed E-state index contributed by atoms with van der Waals surface area (Å²) in [5.41, 5.74) is -0.129. The van der Waals surface area contributed by atoms with Crippen LogP contribution in [0.5, 0.6) is 0 Å². The van der Waals surface area contributed by atoms with E-state index in [4.69, 9.17) is 47.4 Å². The van der Waals surface area contributed by atoms with Gasteiger partial charge in [0.15, 0.2) is 18.9 Å². The topological polar surface area (TPSA) is 288 Å². The fourth-order valence-electron chi connectivity index (χ4n) is 7.83. The second-order valence-electron chi connectivity index (χ2n) is 14.1. The third-order valence-electron chi connectivity index (χ3n) is 11.1. The van der Waals surface area contributed by atoms with Gasteiger partial charge in [-0.15, -0.1) is 6.58 Å². The molecule has 0 aromatic heterocycles. The van der Waals surface area contributed by atoms with Crippen LogP contribution in [0.1, 0.15) is 19.8 Å². The van der Waals surface area contributed by atoms with E-state index in [0.29, 0.717) is 0 Å². The number of carbonyl (C=O) groups is 2. The highest BCUT2D eigenvalue weighted by atomic mass is 16.8. The van der Waals surface area contributed by atoms with Crippen molar-refractivity contribution in [1.29, 1.82) is 0 Å². The fourth-order valence-corrected chi connectivity index (χ4v) is 7.83. The van der Waals surface area contributed by atoms with Crippen molar-refractivity contribution in [3.05, 3.63) is 36.3 Å². The Balaban J connectivity index is 1.68. The first-order chi connectivity index (χ1) is 26.2. The number of carbonyl (C=O) groups excluding carboxylic acids is 2. The Labute approximate surface area is 316 Å². The van der Waals surface area contributed by atoms with Crippen LogP contribution < -0.4 is 0 Å². The zero-order valence-electron chi connectivity index (χ0n) is 30.7. The van der Waals surface area contributed by atoms with Crippen molar-refractivity contribution >= 4 is 11.9 Å². The maximum atomic E-state index is 14.2. The second-order valence-corrected chi connectivity index (χ2v) is 14.1. The smallest absolute Gasteiger partial charge is 0.337 e. The van der Waals surface area contributed by atoms with E-state index in [1.54, 1.807) is 6.08 Å². The van der Waals surface area contributed by atoms with Gasteiger partial charge >= 0.3 is 11.9 Å². The number of hydrogen-bond donors (Lipinski definition) is 8. The molecule has 1 aliphatic carbocycles. The lowest BCUT2D eigenvalue weighted by atomic mass is 9.80. The average Bonchev–Trinajstić information content (AvgIpc) is 3.49. The largest absolute Gasteiger partial charge is 0.471 e. The van der Waals surface area contributed by atoms with Gasteiger partial charge in [-0.2, -0.15) is 0 Å². The van der Waals surface area contributed by atoms with Crippen LogP contribution >= 0.6 is 0 Å². The average molecular weight is 793 g/mol. The van der Waals surface area contributed by atoms with Crippen LogP contribution in [-0.4, -0.2) is 174 Å². The summed E-state index contributed by atoms with van der Waals surface area (Å²) >= 11 is 0. The van der Waals surface area contributed by atoms with Crippen LogP contribution in [0.15, 0.2) is 36.3 Å². The van der Waals surface area contributed by atoms with Crippen molar-refractivity contribution in [2.45, 2.75) is 106 Å². The minimum absolute atomic E-state index is 0.0251. The van der Waals surface area contributed by atoms with Gasteiger partial charge in [0.1, 0.15) is 54.9 Å². The molecule has 20 nitrogen and oxygen atoms in total. The fraction of sp³-hybridized carbons (Fsp3) is 0.771. The van der Waals surface area contributed by atoms with E-state index in [1.165, 1.54) is 14.2 Å². The van der Waals surface area contributed by atoms with Crippen LogP contribution in [0.2, 0.25) is 0 Å². The molecule has 18 atom stereocenters. The monoisotopic (exact) mass is 792 g/mol. The molecule has 5 rings (SSSR count). The van der Waals surface area contributed by atoms with Crippen LogP contribution in [0, 0.1) is 29.6 Å². The van der Waals surface area contributed by atoms with Crippen molar-refractivity contribution in [3.8, 4) is 0 Å². The van der Waals surface area contributed by atoms with E-state index in [1.807, 2.05) is 6.92 Å². The number of esters is 2.